The van der Waals surface area contributed by atoms with Crippen LogP contribution in [-0.4, -0.2) is 18.1 Å². The lowest BCUT2D eigenvalue weighted by Crippen LogP contribution is -2.21. The summed E-state index contributed by atoms with van der Waals surface area (Å²) in [6, 6.07) is 2.14. The topological polar surface area (TPSA) is 16.1 Å². The Hall–Kier alpha value is -1.05. The predicted molar refractivity (Wildman–Crippen MR) is 55.1 cm³/mol. The number of rotatable bonds is 3. The summed E-state index contributed by atoms with van der Waals surface area (Å²) in [4.78, 5) is 6.62. The molecule has 0 amide bonds. The molecule has 0 saturated heterocycles. The van der Waals surface area contributed by atoms with E-state index in [1.54, 1.807) is 0 Å². The van der Waals surface area contributed by atoms with E-state index in [1.807, 2.05) is 12.4 Å². The first-order valence-electron chi connectivity index (χ1n) is 5.09. The number of aromatic nitrogens is 1. The van der Waals surface area contributed by atoms with Gasteiger partial charge in [0.1, 0.15) is 0 Å². The van der Waals surface area contributed by atoms with Crippen LogP contribution in [0.3, 0.4) is 0 Å². The predicted octanol–water partition coefficient (Wildman–Crippen LogP) is 2.24. The van der Waals surface area contributed by atoms with Gasteiger partial charge in [0.2, 0.25) is 0 Å². The average molecular weight is 176 g/mol. The smallest absolute Gasteiger partial charge is 0.0430 e. The van der Waals surface area contributed by atoms with Gasteiger partial charge in [-0.25, -0.2) is 0 Å². The van der Waals surface area contributed by atoms with Gasteiger partial charge >= 0.3 is 0 Å². The Balaban J connectivity index is 2.09. The molecule has 1 aromatic heterocycles. The van der Waals surface area contributed by atoms with Crippen LogP contribution in [0.5, 0.6) is 0 Å². The van der Waals surface area contributed by atoms with Crippen LogP contribution in [0.25, 0.3) is 0 Å². The molecule has 0 saturated carbocycles. The van der Waals surface area contributed by atoms with Gasteiger partial charge in [-0.2, -0.15) is 0 Å². The molecule has 1 aromatic rings. The summed E-state index contributed by atoms with van der Waals surface area (Å²) in [5, 5.41) is 0. The van der Waals surface area contributed by atoms with Crippen molar-refractivity contribution >= 4 is 5.69 Å². The summed E-state index contributed by atoms with van der Waals surface area (Å²) in [6.07, 6.45) is 7.63. The van der Waals surface area contributed by atoms with E-state index in [4.69, 9.17) is 0 Å². The average Bonchev–Trinajstić information content (AvgIpc) is 2.58. The van der Waals surface area contributed by atoms with Gasteiger partial charge in [0, 0.05) is 31.2 Å². The van der Waals surface area contributed by atoms with E-state index in [2.05, 4.69) is 22.9 Å². The number of pyridine rings is 1. The molecule has 2 nitrogen and oxygen atoms in total. The van der Waals surface area contributed by atoms with E-state index in [1.165, 1.54) is 43.6 Å². The molecule has 0 atom stereocenters. The molecule has 0 aliphatic carbocycles. The van der Waals surface area contributed by atoms with Gasteiger partial charge in [-0.05, 0) is 24.5 Å². The van der Waals surface area contributed by atoms with Crippen LogP contribution in [0.4, 0.5) is 5.69 Å². The summed E-state index contributed by atoms with van der Waals surface area (Å²) in [5.41, 5.74) is 2.82. The molecule has 2 heterocycles. The third kappa shape index (κ3) is 1.67. The summed E-state index contributed by atoms with van der Waals surface area (Å²) >= 11 is 0. The lowest BCUT2D eigenvalue weighted by molar-refractivity contribution is 0.736. The highest BCUT2D eigenvalue weighted by molar-refractivity contribution is 5.56. The van der Waals surface area contributed by atoms with E-state index in [9.17, 15) is 0 Å². The van der Waals surface area contributed by atoms with Crippen LogP contribution in [0.2, 0.25) is 0 Å². The Labute approximate surface area is 79.6 Å². The van der Waals surface area contributed by atoms with E-state index < -0.39 is 0 Å². The maximum Gasteiger partial charge on any atom is 0.0430 e. The first kappa shape index (κ1) is 8.54. The molecule has 2 rings (SSSR count). The molecule has 2 heteroatoms. The monoisotopic (exact) mass is 176 g/mol. The van der Waals surface area contributed by atoms with Crippen molar-refractivity contribution in [2.75, 3.05) is 18.0 Å². The molecule has 1 aliphatic rings. The van der Waals surface area contributed by atoms with Gasteiger partial charge in [-0.15, -0.1) is 0 Å². The van der Waals surface area contributed by atoms with Crippen LogP contribution >= 0.6 is 0 Å². The second-order valence-corrected chi connectivity index (χ2v) is 3.59. The Morgan fingerprint density at radius 3 is 3.31 bits per heavy atom. The maximum absolute atomic E-state index is 4.14. The SMILES string of the molecule is CCCCN1CCc2cnccc21. The Kier molecular flexibility index (Phi) is 2.48. The van der Waals surface area contributed by atoms with E-state index in [0.29, 0.717) is 0 Å². The zero-order chi connectivity index (χ0) is 9.10. The van der Waals surface area contributed by atoms with E-state index in [-0.39, 0.29) is 0 Å². The Morgan fingerprint density at radius 2 is 2.46 bits per heavy atom. The first-order valence-corrected chi connectivity index (χ1v) is 5.09. The summed E-state index contributed by atoms with van der Waals surface area (Å²) in [7, 11) is 0. The van der Waals surface area contributed by atoms with Crippen molar-refractivity contribution in [3.05, 3.63) is 24.0 Å². The molecular formula is C11H16N2. The highest BCUT2D eigenvalue weighted by Crippen LogP contribution is 2.26. The molecule has 0 radical (unpaired) electrons. The van der Waals surface area contributed by atoms with Gasteiger partial charge in [0.15, 0.2) is 0 Å². The number of nitrogens with zero attached hydrogens (tertiary/aromatic N) is 2. The van der Waals surface area contributed by atoms with E-state index in [0.717, 1.165) is 0 Å². The second-order valence-electron chi connectivity index (χ2n) is 3.59. The third-order valence-electron chi connectivity index (χ3n) is 2.65. The van der Waals surface area contributed by atoms with Gasteiger partial charge in [0.05, 0.1) is 0 Å². The normalized spacial score (nSPS) is 14.7. The standard InChI is InChI=1S/C11H16N2/c1-2-3-7-13-8-5-10-9-12-6-4-11(10)13/h4,6,9H,2-3,5,7-8H2,1H3. The number of unbranched alkanes of at least 4 members (excludes halogenated alkanes) is 1. The van der Waals surface area contributed by atoms with Crippen molar-refractivity contribution in [2.45, 2.75) is 26.2 Å². The van der Waals surface area contributed by atoms with Crippen molar-refractivity contribution < 1.29 is 0 Å². The van der Waals surface area contributed by atoms with Gasteiger partial charge in [0.25, 0.3) is 0 Å². The van der Waals surface area contributed by atoms with Crippen LogP contribution in [-0.2, 0) is 6.42 Å². The van der Waals surface area contributed by atoms with Crippen molar-refractivity contribution in [3.8, 4) is 0 Å². The van der Waals surface area contributed by atoms with Gasteiger partial charge in [-0.3, -0.25) is 4.98 Å². The number of anilines is 1. The van der Waals surface area contributed by atoms with Crippen molar-refractivity contribution in [1.29, 1.82) is 0 Å². The zero-order valence-corrected chi connectivity index (χ0v) is 8.16. The lowest BCUT2D eigenvalue weighted by atomic mass is 10.2. The van der Waals surface area contributed by atoms with Crippen molar-refractivity contribution in [3.63, 3.8) is 0 Å². The van der Waals surface area contributed by atoms with Crippen molar-refractivity contribution in [2.24, 2.45) is 0 Å². The molecule has 0 aromatic carbocycles. The molecule has 0 N–H and O–H groups in total. The van der Waals surface area contributed by atoms with Crippen LogP contribution < -0.4 is 4.90 Å². The molecule has 0 spiro atoms. The largest absolute Gasteiger partial charge is 0.371 e. The Morgan fingerprint density at radius 1 is 1.54 bits per heavy atom. The lowest BCUT2D eigenvalue weighted by Gasteiger charge is -2.18. The molecule has 0 fully saturated rings. The number of fused-ring (bicyclic) bond motifs is 1. The highest BCUT2D eigenvalue weighted by Gasteiger charge is 2.17. The molecule has 13 heavy (non-hydrogen) atoms. The zero-order valence-electron chi connectivity index (χ0n) is 8.16. The van der Waals surface area contributed by atoms with Crippen LogP contribution in [0, 0.1) is 0 Å². The second kappa shape index (κ2) is 3.77. The molecule has 1 aliphatic heterocycles. The Bertz CT molecular complexity index is 283. The molecular weight excluding hydrogens is 160 g/mol. The fourth-order valence-corrected chi connectivity index (χ4v) is 1.88. The van der Waals surface area contributed by atoms with Crippen LogP contribution in [0.1, 0.15) is 25.3 Å². The van der Waals surface area contributed by atoms with Crippen molar-refractivity contribution in [1.82, 2.24) is 4.98 Å². The number of hydrogen-bond acceptors (Lipinski definition) is 2. The fraction of sp³-hybridized carbons (Fsp3) is 0.545. The third-order valence-corrected chi connectivity index (χ3v) is 2.65. The van der Waals surface area contributed by atoms with Gasteiger partial charge in [-0.1, -0.05) is 13.3 Å². The highest BCUT2D eigenvalue weighted by atomic mass is 15.1. The number of hydrogen-bond donors (Lipinski definition) is 0. The molecule has 0 unspecified atom stereocenters. The molecule has 70 valence electrons. The maximum atomic E-state index is 4.14. The first-order chi connectivity index (χ1) is 6.42. The molecule has 0 bridgehead atoms. The minimum absolute atomic E-state index is 1.17. The minimum Gasteiger partial charge on any atom is -0.371 e. The van der Waals surface area contributed by atoms with E-state index >= 15 is 0 Å². The minimum atomic E-state index is 1.17. The fourth-order valence-electron chi connectivity index (χ4n) is 1.88. The summed E-state index contributed by atoms with van der Waals surface area (Å²) < 4.78 is 0. The summed E-state index contributed by atoms with van der Waals surface area (Å²) in [5.74, 6) is 0. The van der Waals surface area contributed by atoms with Gasteiger partial charge < -0.3 is 4.90 Å². The summed E-state index contributed by atoms with van der Waals surface area (Å²) in [6.45, 7) is 4.62. The quantitative estimate of drug-likeness (QED) is 0.702. The van der Waals surface area contributed by atoms with Crippen LogP contribution in [0.15, 0.2) is 18.5 Å².